The largest absolute Gasteiger partial charge is 0.492 e. The van der Waals surface area contributed by atoms with E-state index < -0.39 is 0 Å². The minimum atomic E-state index is -0.195. The Kier molecular flexibility index (Phi) is 1.62. The average Bonchev–Trinajstić information content (AvgIpc) is 1.95. The molecular weight excluding hydrogens is 132 g/mol. The number of anilines is 1. The summed E-state index contributed by atoms with van der Waals surface area (Å²) in [5.41, 5.74) is 5.53. The predicted octanol–water partition coefficient (Wildman–Crippen LogP) is 0.378. The molecule has 0 saturated carbocycles. The fraction of sp³-hybridized carbons (Fsp3) is 0.167. The molecule has 1 heterocycles. The van der Waals surface area contributed by atoms with Crippen LogP contribution in [0.1, 0.15) is 0 Å². The first-order valence-electron chi connectivity index (χ1n) is 2.73. The number of hydrogen-bond donors (Lipinski definition) is 2. The Labute approximate surface area is 58.3 Å². The number of methoxy groups -OCH3 is 1. The second kappa shape index (κ2) is 2.43. The third-order valence-electron chi connectivity index (χ3n) is 1.09. The van der Waals surface area contributed by atoms with Gasteiger partial charge in [0.2, 0.25) is 11.8 Å². The van der Waals surface area contributed by atoms with Crippen molar-refractivity contribution in [2.75, 3.05) is 12.8 Å². The second-order valence-electron chi connectivity index (χ2n) is 1.77. The van der Waals surface area contributed by atoms with Gasteiger partial charge < -0.3 is 15.6 Å². The summed E-state index contributed by atoms with van der Waals surface area (Å²) in [7, 11) is 1.47. The molecule has 10 heavy (non-hydrogen) atoms. The number of ether oxygens (including phenoxy) is 1. The van der Waals surface area contributed by atoms with Gasteiger partial charge in [-0.15, -0.1) is 0 Å². The lowest BCUT2D eigenvalue weighted by Gasteiger charge is -1.99. The Morgan fingerprint density at radius 1 is 1.60 bits per heavy atom. The van der Waals surface area contributed by atoms with E-state index in [4.69, 9.17) is 15.6 Å². The first-order valence-corrected chi connectivity index (χ1v) is 2.73. The van der Waals surface area contributed by atoms with Gasteiger partial charge in [-0.05, 0) is 6.07 Å². The number of nitrogen functional groups attached to an aromatic ring is 1. The number of nitrogens with two attached hydrogens (primary N) is 1. The molecule has 0 unspecified atom stereocenters. The zero-order chi connectivity index (χ0) is 7.56. The Balaban J connectivity index is 3.04. The Morgan fingerprint density at radius 3 is 2.80 bits per heavy atom. The highest BCUT2D eigenvalue weighted by Crippen LogP contribution is 2.19. The molecule has 0 aliphatic rings. The van der Waals surface area contributed by atoms with E-state index in [0.29, 0.717) is 5.88 Å². The molecule has 54 valence electrons. The molecule has 1 aromatic rings. The normalized spacial score (nSPS) is 9.30. The first kappa shape index (κ1) is 6.67. The van der Waals surface area contributed by atoms with Gasteiger partial charge in [0.25, 0.3) is 0 Å². The molecule has 0 radical (unpaired) electrons. The first-order chi connectivity index (χ1) is 4.74. The number of aromatic nitrogens is 1. The average molecular weight is 140 g/mol. The molecule has 0 amide bonds. The van der Waals surface area contributed by atoms with E-state index in [2.05, 4.69) is 4.98 Å². The van der Waals surface area contributed by atoms with Gasteiger partial charge >= 0.3 is 0 Å². The van der Waals surface area contributed by atoms with E-state index >= 15 is 0 Å². The van der Waals surface area contributed by atoms with Crippen LogP contribution in [-0.2, 0) is 0 Å². The molecule has 0 aliphatic heterocycles. The van der Waals surface area contributed by atoms with Crippen molar-refractivity contribution in [3.05, 3.63) is 12.1 Å². The van der Waals surface area contributed by atoms with Crippen LogP contribution in [0.25, 0.3) is 0 Å². The van der Waals surface area contributed by atoms with Crippen molar-refractivity contribution in [2.24, 2.45) is 0 Å². The smallest absolute Gasteiger partial charge is 0.238 e. The molecule has 3 N–H and O–H groups in total. The van der Waals surface area contributed by atoms with Crippen LogP contribution in [0.15, 0.2) is 12.1 Å². The van der Waals surface area contributed by atoms with E-state index in [9.17, 15) is 0 Å². The van der Waals surface area contributed by atoms with Gasteiger partial charge in [0.1, 0.15) is 0 Å². The molecule has 0 atom stereocenters. The highest BCUT2D eigenvalue weighted by molar-refractivity contribution is 5.48. The molecule has 0 bridgehead atoms. The third kappa shape index (κ3) is 1.10. The number of hydrogen-bond acceptors (Lipinski definition) is 4. The van der Waals surface area contributed by atoms with Crippen LogP contribution in [0.5, 0.6) is 11.8 Å². The number of aromatic hydroxyl groups is 1. The van der Waals surface area contributed by atoms with Crippen molar-refractivity contribution in [2.45, 2.75) is 0 Å². The lowest BCUT2D eigenvalue weighted by atomic mass is 10.4. The zero-order valence-corrected chi connectivity index (χ0v) is 5.53. The molecule has 0 saturated heterocycles. The Morgan fingerprint density at radius 2 is 2.30 bits per heavy atom. The highest BCUT2D eigenvalue weighted by atomic mass is 16.5. The minimum Gasteiger partial charge on any atom is -0.492 e. The third-order valence-corrected chi connectivity index (χ3v) is 1.09. The SMILES string of the molecule is COc1ccc(N)c(O)n1. The summed E-state index contributed by atoms with van der Waals surface area (Å²) in [5, 5.41) is 8.92. The van der Waals surface area contributed by atoms with Crippen molar-refractivity contribution in [1.82, 2.24) is 4.98 Å². The van der Waals surface area contributed by atoms with E-state index in [1.807, 2.05) is 0 Å². The summed E-state index contributed by atoms with van der Waals surface area (Å²) >= 11 is 0. The fourth-order valence-corrected chi connectivity index (χ4v) is 0.555. The molecule has 4 heteroatoms. The molecule has 1 aromatic heterocycles. The number of rotatable bonds is 1. The van der Waals surface area contributed by atoms with Crippen molar-refractivity contribution < 1.29 is 9.84 Å². The maximum absolute atomic E-state index is 8.92. The van der Waals surface area contributed by atoms with E-state index in [1.165, 1.54) is 13.2 Å². The predicted molar refractivity (Wildman–Crippen MR) is 36.9 cm³/mol. The van der Waals surface area contributed by atoms with Crippen molar-refractivity contribution >= 4 is 5.69 Å². The molecule has 4 nitrogen and oxygen atoms in total. The standard InChI is InChI=1S/C6H8N2O2/c1-10-5-3-2-4(7)6(9)8-5/h2-3H,7H2,1H3,(H,8,9). The van der Waals surface area contributed by atoms with Crippen LogP contribution in [0.2, 0.25) is 0 Å². The van der Waals surface area contributed by atoms with Crippen molar-refractivity contribution in [3.8, 4) is 11.8 Å². The monoisotopic (exact) mass is 140 g/mol. The fourth-order valence-electron chi connectivity index (χ4n) is 0.555. The molecule has 0 aromatic carbocycles. The number of pyridine rings is 1. The lowest BCUT2D eigenvalue weighted by molar-refractivity contribution is 0.381. The van der Waals surface area contributed by atoms with Gasteiger partial charge in [-0.2, -0.15) is 4.98 Å². The summed E-state index contributed by atoms with van der Waals surface area (Å²) in [6.45, 7) is 0. The topological polar surface area (TPSA) is 68.4 Å². The van der Waals surface area contributed by atoms with E-state index in [-0.39, 0.29) is 11.6 Å². The van der Waals surface area contributed by atoms with Crippen LogP contribution in [0.4, 0.5) is 5.69 Å². The Hall–Kier alpha value is -1.45. The van der Waals surface area contributed by atoms with Crippen LogP contribution in [0.3, 0.4) is 0 Å². The van der Waals surface area contributed by atoms with Gasteiger partial charge in [-0.25, -0.2) is 0 Å². The van der Waals surface area contributed by atoms with Gasteiger partial charge in [0, 0.05) is 6.07 Å². The minimum absolute atomic E-state index is 0.195. The van der Waals surface area contributed by atoms with Gasteiger partial charge in [0.15, 0.2) is 0 Å². The van der Waals surface area contributed by atoms with Gasteiger partial charge in [0.05, 0.1) is 12.8 Å². The van der Waals surface area contributed by atoms with Crippen LogP contribution in [0, 0.1) is 0 Å². The van der Waals surface area contributed by atoms with Gasteiger partial charge in [-0.3, -0.25) is 0 Å². The maximum atomic E-state index is 8.92. The summed E-state index contributed by atoms with van der Waals surface area (Å²) < 4.78 is 4.72. The summed E-state index contributed by atoms with van der Waals surface area (Å²) in [5.74, 6) is 0.158. The van der Waals surface area contributed by atoms with Crippen LogP contribution in [-0.4, -0.2) is 17.2 Å². The lowest BCUT2D eigenvalue weighted by Crippen LogP contribution is -1.91. The zero-order valence-electron chi connectivity index (χ0n) is 5.53. The van der Waals surface area contributed by atoms with Crippen molar-refractivity contribution in [3.63, 3.8) is 0 Å². The Bertz CT molecular complexity index is 237. The quantitative estimate of drug-likeness (QED) is 0.591. The maximum Gasteiger partial charge on any atom is 0.238 e. The molecule has 1 rings (SSSR count). The highest BCUT2D eigenvalue weighted by Gasteiger charge is 1.98. The summed E-state index contributed by atoms with van der Waals surface area (Å²) in [6.07, 6.45) is 0. The second-order valence-corrected chi connectivity index (χ2v) is 1.77. The van der Waals surface area contributed by atoms with Crippen LogP contribution < -0.4 is 10.5 Å². The molecule has 0 spiro atoms. The molecule has 0 fully saturated rings. The van der Waals surface area contributed by atoms with Gasteiger partial charge in [-0.1, -0.05) is 0 Å². The summed E-state index contributed by atoms with van der Waals surface area (Å²) in [6, 6.07) is 3.11. The molecular formula is C6H8N2O2. The number of nitrogens with zero attached hydrogens (tertiary/aromatic N) is 1. The van der Waals surface area contributed by atoms with Crippen LogP contribution >= 0.6 is 0 Å². The van der Waals surface area contributed by atoms with E-state index in [0.717, 1.165) is 0 Å². The molecule has 0 aliphatic carbocycles. The van der Waals surface area contributed by atoms with Crippen molar-refractivity contribution in [1.29, 1.82) is 0 Å². The van der Waals surface area contributed by atoms with E-state index in [1.54, 1.807) is 6.07 Å². The summed E-state index contributed by atoms with van der Waals surface area (Å²) in [4.78, 5) is 3.60.